The van der Waals surface area contributed by atoms with Crippen LogP contribution in [-0.4, -0.2) is 24.4 Å². The fourth-order valence-corrected chi connectivity index (χ4v) is 1.42. The van der Waals surface area contributed by atoms with Gasteiger partial charge in [-0.3, -0.25) is 14.9 Å². The van der Waals surface area contributed by atoms with Crippen LogP contribution < -0.4 is 10.6 Å². The summed E-state index contributed by atoms with van der Waals surface area (Å²) < 4.78 is 0. The molecule has 2 N–H and O–H groups in total. The Morgan fingerprint density at radius 2 is 2.11 bits per heavy atom. The molecule has 98 valence electrons. The predicted octanol–water partition coefficient (Wildman–Crippen LogP) is 2.02. The standard InChI is InChI=1S/C12H17N3O3/c1-8(2)7-14-12(16)10-6-9(13-3)4-5-11(10)15(17)18/h4-6,8,13H,7H2,1-3H3,(H,14,16). The number of carbonyl (C=O) groups is 1. The Morgan fingerprint density at radius 1 is 1.44 bits per heavy atom. The molecular formula is C12H17N3O3. The van der Waals surface area contributed by atoms with Crippen molar-refractivity contribution in [1.29, 1.82) is 0 Å². The van der Waals surface area contributed by atoms with Crippen LogP contribution in [0.2, 0.25) is 0 Å². The van der Waals surface area contributed by atoms with E-state index < -0.39 is 10.8 Å². The highest BCUT2D eigenvalue weighted by Crippen LogP contribution is 2.22. The van der Waals surface area contributed by atoms with Crippen molar-refractivity contribution >= 4 is 17.3 Å². The molecule has 0 unspecified atom stereocenters. The van der Waals surface area contributed by atoms with Crippen molar-refractivity contribution in [3.8, 4) is 0 Å². The third-order valence-electron chi connectivity index (χ3n) is 2.40. The van der Waals surface area contributed by atoms with Crippen LogP contribution in [0.1, 0.15) is 24.2 Å². The van der Waals surface area contributed by atoms with Gasteiger partial charge in [0.05, 0.1) is 4.92 Å². The monoisotopic (exact) mass is 251 g/mol. The second-order valence-electron chi connectivity index (χ2n) is 4.34. The van der Waals surface area contributed by atoms with Gasteiger partial charge < -0.3 is 10.6 Å². The molecule has 0 aromatic heterocycles. The molecule has 18 heavy (non-hydrogen) atoms. The minimum absolute atomic E-state index is 0.0764. The molecule has 0 aliphatic rings. The fourth-order valence-electron chi connectivity index (χ4n) is 1.42. The van der Waals surface area contributed by atoms with Gasteiger partial charge in [0.2, 0.25) is 0 Å². The number of benzene rings is 1. The first-order valence-electron chi connectivity index (χ1n) is 5.70. The Hall–Kier alpha value is -2.11. The Morgan fingerprint density at radius 3 is 2.61 bits per heavy atom. The van der Waals surface area contributed by atoms with Gasteiger partial charge in [0.1, 0.15) is 5.56 Å². The number of nitrogens with one attached hydrogen (secondary N) is 2. The van der Waals surface area contributed by atoms with Crippen LogP contribution in [0.25, 0.3) is 0 Å². The number of hydrogen-bond donors (Lipinski definition) is 2. The van der Waals surface area contributed by atoms with Gasteiger partial charge >= 0.3 is 0 Å². The average Bonchev–Trinajstić information content (AvgIpc) is 2.34. The van der Waals surface area contributed by atoms with E-state index in [1.54, 1.807) is 13.1 Å². The smallest absolute Gasteiger partial charge is 0.282 e. The van der Waals surface area contributed by atoms with E-state index in [0.717, 1.165) is 0 Å². The maximum absolute atomic E-state index is 11.9. The summed E-state index contributed by atoms with van der Waals surface area (Å²) in [5.41, 5.74) is 0.554. The number of hydrogen-bond acceptors (Lipinski definition) is 4. The first kappa shape index (κ1) is 14.0. The van der Waals surface area contributed by atoms with E-state index in [2.05, 4.69) is 10.6 Å². The molecular weight excluding hydrogens is 234 g/mol. The van der Waals surface area contributed by atoms with Crippen molar-refractivity contribution in [3.05, 3.63) is 33.9 Å². The van der Waals surface area contributed by atoms with E-state index in [9.17, 15) is 14.9 Å². The van der Waals surface area contributed by atoms with Gasteiger partial charge in [0.25, 0.3) is 11.6 Å². The Kier molecular flexibility index (Phi) is 4.65. The van der Waals surface area contributed by atoms with Gasteiger partial charge in [-0.05, 0) is 18.1 Å². The lowest BCUT2D eigenvalue weighted by molar-refractivity contribution is -0.385. The zero-order valence-electron chi connectivity index (χ0n) is 10.7. The van der Waals surface area contributed by atoms with Gasteiger partial charge in [0, 0.05) is 25.3 Å². The first-order valence-corrected chi connectivity index (χ1v) is 5.70. The van der Waals surface area contributed by atoms with Crippen LogP contribution in [0.5, 0.6) is 0 Å². The molecule has 0 saturated carbocycles. The number of nitrogens with zero attached hydrogens (tertiary/aromatic N) is 1. The molecule has 0 saturated heterocycles. The molecule has 6 nitrogen and oxygen atoms in total. The van der Waals surface area contributed by atoms with Gasteiger partial charge in [-0.1, -0.05) is 13.8 Å². The van der Waals surface area contributed by atoms with Gasteiger partial charge in [0.15, 0.2) is 0 Å². The predicted molar refractivity (Wildman–Crippen MR) is 69.8 cm³/mol. The van der Waals surface area contributed by atoms with E-state index in [1.807, 2.05) is 13.8 Å². The molecule has 6 heteroatoms. The largest absolute Gasteiger partial charge is 0.388 e. The van der Waals surface area contributed by atoms with E-state index in [-0.39, 0.29) is 11.3 Å². The minimum Gasteiger partial charge on any atom is -0.388 e. The number of anilines is 1. The third-order valence-corrected chi connectivity index (χ3v) is 2.40. The van der Waals surface area contributed by atoms with E-state index >= 15 is 0 Å². The van der Waals surface area contributed by atoms with Crippen LogP contribution in [0.15, 0.2) is 18.2 Å². The van der Waals surface area contributed by atoms with Crippen LogP contribution in [0.4, 0.5) is 11.4 Å². The summed E-state index contributed by atoms with van der Waals surface area (Å²) >= 11 is 0. The van der Waals surface area contributed by atoms with Crippen molar-refractivity contribution in [2.45, 2.75) is 13.8 Å². The number of nitro groups is 1. The number of carbonyl (C=O) groups excluding carboxylic acids is 1. The second-order valence-corrected chi connectivity index (χ2v) is 4.34. The van der Waals surface area contributed by atoms with Crippen molar-refractivity contribution in [2.24, 2.45) is 5.92 Å². The third kappa shape index (κ3) is 3.44. The SMILES string of the molecule is CNc1ccc([N+](=O)[O-])c(C(=O)NCC(C)C)c1. The molecule has 0 fully saturated rings. The summed E-state index contributed by atoms with van der Waals surface area (Å²) in [5, 5.41) is 16.4. The van der Waals surface area contributed by atoms with Crippen molar-refractivity contribution in [3.63, 3.8) is 0 Å². The fraction of sp³-hybridized carbons (Fsp3) is 0.417. The van der Waals surface area contributed by atoms with E-state index in [4.69, 9.17) is 0 Å². The highest BCUT2D eigenvalue weighted by molar-refractivity contribution is 5.99. The molecule has 0 heterocycles. The minimum atomic E-state index is -0.552. The van der Waals surface area contributed by atoms with Crippen LogP contribution in [0.3, 0.4) is 0 Å². The molecule has 0 bridgehead atoms. The zero-order chi connectivity index (χ0) is 13.7. The molecule has 1 aromatic rings. The Labute approximate surface area is 106 Å². The summed E-state index contributed by atoms with van der Waals surface area (Å²) in [4.78, 5) is 22.2. The highest BCUT2D eigenvalue weighted by atomic mass is 16.6. The molecule has 0 aliphatic carbocycles. The number of amides is 1. The van der Waals surface area contributed by atoms with E-state index in [0.29, 0.717) is 18.2 Å². The summed E-state index contributed by atoms with van der Waals surface area (Å²) in [6.45, 7) is 4.40. The quantitative estimate of drug-likeness (QED) is 0.619. The Balaban J connectivity index is 3.03. The summed E-state index contributed by atoms with van der Waals surface area (Å²) in [5.74, 6) is -0.131. The molecule has 0 radical (unpaired) electrons. The highest BCUT2D eigenvalue weighted by Gasteiger charge is 2.20. The topological polar surface area (TPSA) is 84.3 Å². The molecule has 1 amide bonds. The van der Waals surface area contributed by atoms with Gasteiger partial charge in [-0.25, -0.2) is 0 Å². The van der Waals surface area contributed by atoms with Crippen molar-refractivity contribution in [1.82, 2.24) is 5.32 Å². The summed E-state index contributed by atoms with van der Waals surface area (Å²) in [6.07, 6.45) is 0. The van der Waals surface area contributed by atoms with Crippen LogP contribution >= 0.6 is 0 Å². The molecule has 1 rings (SSSR count). The Bertz CT molecular complexity index is 458. The van der Waals surface area contributed by atoms with Crippen LogP contribution in [0, 0.1) is 16.0 Å². The van der Waals surface area contributed by atoms with Crippen LogP contribution in [-0.2, 0) is 0 Å². The normalized spacial score (nSPS) is 10.2. The van der Waals surface area contributed by atoms with Gasteiger partial charge in [-0.2, -0.15) is 0 Å². The molecule has 0 spiro atoms. The number of nitro benzene ring substituents is 1. The van der Waals surface area contributed by atoms with Crippen molar-refractivity contribution < 1.29 is 9.72 Å². The molecule has 1 aromatic carbocycles. The second kappa shape index (κ2) is 6.00. The maximum atomic E-state index is 11.9. The van der Waals surface area contributed by atoms with Gasteiger partial charge in [-0.15, -0.1) is 0 Å². The molecule has 0 atom stereocenters. The number of rotatable bonds is 5. The first-order chi connectivity index (χ1) is 8.45. The maximum Gasteiger partial charge on any atom is 0.282 e. The average molecular weight is 251 g/mol. The zero-order valence-corrected chi connectivity index (χ0v) is 10.7. The van der Waals surface area contributed by atoms with E-state index in [1.165, 1.54) is 12.1 Å². The lowest BCUT2D eigenvalue weighted by atomic mass is 10.1. The summed E-state index contributed by atoms with van der Waals surface area (Å²) in [6, 6.07) is 4.38. The lowest BCUT2D eigenvalue weighted by Gasteiger charge is -2.09. The summed E-state index contributed by atoms with van der Waals surface area (Å²) in [7, 11) is 1.69. The molecule has 0 aliphatic heterocycles. The lowest BCUT2D eigenvalue weighted by Crippen LogP contribution is -2.28. The van der Waals surface area contributed by atoms with Crippen molar-refractivity contribution in [2.75, 3.05) is 18.9 Å².